The molecule has 1 aliphatic heterocycles. The van der Waals surface area contributed by atoms with Crippen LogP contribution in [-0.4, -0.2) is 156 Å². The topological polar surface area (TPSA) is 421 Å². The van der Waals surface area contributed by atoms with Crippen molar-refractivity contribution < 1.29 is 53.1 Å². The molecule has 10 amide bonds. The summed E-state index contributed by atoms with van der Waals surface area (Å²) in [5.74, 6) is -9.85. The van der Waals surface area contributed by atoms with E-state index < -0.39 is 127 Å². The second-order valence-corrected chi connectivity index (χ2v) is 19.4. The first-order valence-corrected chi connectivity index (χ1v) is 24.8. The number of primary amides is 2. The van der Waals surface area contributed by atoms with E-state index in [1.807, 2.05) is 0 Å². The van der Waals surface area contributed by atoms with Crippen LogP contribution in [0.2, 0.25) is 0 Å². The Hall–Kier alpha value is -7.13. The minimum Gasteiger partial charge on any atom is -0.508 e. The molecule has 2 aromatic rings. The normalized spacial score (nSPS) is 21.1. The van der Waals surface area contributed by atoms with Crippen molar-refractivity contribution in [1.82, 2.24) is 42.1 Å². The van der Waals surface area contributed by atoms with Crippen molar-refractivity contribution in [2.45, 2.75) is 88.2 Å². The third kappa shape index (κ3) is 20.8. The number of phenolic OH excluding ortho intramolecular Hbond substituents is 1. The highest BCUT2D eigenvalue weighted by molar-refractivity contribution is 8.76. The fourth-order valence-electron chi connectivity index (χ4n) is 6.78. The minimum absolute atomic E-state index is 0.00629. The zero-order chi connectivity index (χ0) is 52.8. The molecule has 0 aliphatic carbocycles. The van der Waals surface area contributed by atoms with Gasteiger partial charge in [0.1, 0.15) is 42.0 Å². The molecule has 18 N–H and O–H groups in total. The lowest BCUT2D eigenvalue weighted by atomic mass is 9.99. The molecule has 1 fully saturated rings. The molecule has 25 nitrogen and oxygen atoms in total. The first kappa shape index (κ1) is 58.2. The number of carbonyl (C=O) groups excluding carboxylic acids is 10. The maximum absolute atomic E-state index is 14.2. The summed E-state index contributed by atoms with van der Waals surface area (Å²) in [6.07, 6.45) is -0.690. The van der Waals surface area contributed by atoms with Gasteiger partial charge in [0.2, 0.25) is 59.1 Å². The number of phenols is 1. The number of guanidine groups is 1. The zero-order valence-corrected chi connectivity index (χ0v) is 41.1. The van der Waals surface area contributed by atoms with Crippen molar-refractivity contribution in [3.8, 4) is 5.75 Å². The number of amides is 10. The molecule has 27 heteroatoms. The number of nitrogens with two attached hydrogens (primary N) is 5. The van der Waals surface area contributed by atoms with Gasteiger partial charge in [-0.05, 0) is 42.0 Å². The predicted molar refractivity (Wildman–Crippen MR) is 265 cm³/mol. The molecule has 1 saturated heterocycles. The van der Waals surface area contributed by atoms with Gasteiger partial charge in [-0.1, -0.05) is 77.9 Å². The highest BCUT2D eigenvalue weighted by Crippen LogP contribution is 2.24. The van der Waals surface area contributed by atoms with Crippen molar-refractivity contribution >= 4 is 86.6 Å². The van der Waals surface area contributed by atoms with Crippen LogP contribution in [0.3, 0.4) is 0 Å². The summed E-state index contributed by atoms with van der Waals surface area (Å²) in [7, 11) is 3.24. The van der Waals surface area contributed by atoms with Gasteiger partial charge in [-0.25, -0.2) is 0 Å². The van der Waals surface area contributed by atoms with Crippen LogP contribution in [0.4, 0.5) is 0 Å². The van der Waals surface area contributed by atoms with E-state index in [-0.39, 0.29) is 55.4 Å². The molecule has 0 saturated carbocycles. The second kappa shape index (κ2) is 29.1. The lowest BCUT2D eigenvalue weighted by Gasteiger charge is -2.29. The molecule has 3 rings (SSSR count). The van der Waals surface area contributed by atoms with Gasteiger partial charge in [0.15, 0.2) is 5.96 Å². The van der Waals surface area contributed by atoms with Gasteiger partial charge >= 0.3 is 0 Å². The Balaban J connectivity index is 1.99. The van der Waals surface area contributed by atoms with Crippen molar-refractivity contribution in [2.75, 3.05) is 38.2 Å². The molecular weight excluding hydrogens is 965 g/mol. The van der Waals surface area contributed by atoms with E-state index in [1.54, 1.807) is 56.3 Å². The predicted octanol–water partition coefficient (Wildman–Crippen LogP) is -4.55. The van der Waals surface area contributed by atoms with Crippen LogP contribution in [0.5, 0.6) is 5.75 Å². The summed E-state index contributed by atoms with van der Waals surface area (Å²) in [5.41, 5.74) is 28.9. The van der Waals surface area contributed by atoms with Crippen LogP contribution in [0, 0.1) is 5.92 Å². The molecule has 0 bridgehead atoms. The number of rotatable bonds is 18. The van der Waals surface area contributed by atoms with Crippen molar-refractivity contribution in [1.29, 1.82) is 0 Å². The number of hydrogen-bond donors (Lipinski definition) is 13. The maximum atomic E-state index is 14.2. The monoisotopic (exact) mass is 1030 g/mol. The van der Waals surface area contributed by atoms with Gasteiger partial charge in [-0.3, -0.25) is 52.9 Å². The fourth-order valence-corrected chi connectivity index (χ4v) is 9.06. The molecule has 7 atom stereocenters. The van der Waals surface area contributed by atoms with E-state index in [0.29, 0.717) is 11.1 Å². The fraction of sp³-hybridized carbons (Fsp3) is 0.477. The van der Waals surface area contributed by atoms with E-state index in [1.165, 1.54) is 19.2 Å². The maximum Gasteiger partial charge on any atom is 0.246 e. The summed E-state index contributed by atoms with van der Waals surface area (Å²) < 4.78 is 0. The summed E-state index contributed by atoms with van der Waals surface area (Å²) in [5, 5.41) is 27.7. The molecule has 0 spiro atoms. The molecule has 0 unspecified atom stereocenters. The largest absolute Gasteiger partial charge is 0.508 e. The molecule has 1 heterocycles. The number of benzene rings is 2. The summed E-state index contributed by atoms with van der Waals surface area (Å²) in [4.78, 5) is 139. The summed E-state index contributed by atoms with van der Waals surface area (Å²) in [6.45, 7) is 2.11. The molecule has 388 valence electrons. The summed E-state index contributed by atoms with van der Waals surface area (Å²) in [6, 6.07) is 4.89. The first-order chi connectivity index (χ1) is 33.5. The molecule has 71 heavy (non-hydrogen) atoms. The SMILES string of the molecule is CC(C)[C@H]1NC(=O)[C@H](Cc2ccccc2)NC(=O)[C@@H](Cc2ccc(O)cc2)NC(=O)[C@H](N)CSSC[C@@H](C(=O)N(C)CC(=O)N[C@@H](CCCN=C(N)N)C(=O)NCC(N)=O)NC(=O)[C@H](CC(N)=O)NC1=O. The third-order valence-electron chi connectivity index (χ3n) is 10.5. The number of aliphatic imine (C=N–C) groups is 1. The van der Waals surface area contributed by atoms with Gasteiger partial charge in [0, 0.05) is 37.9 Å². The van der Waals surface area contributed by atoms with Crippen LogP contribution < -0.4 is 65.9 Å². The van der Waals surface area contributed by atoms with Crippen LogP contribution in [0.15, 0.2) is 59.6 Å². The summed E-state index contributed by atoms with van der Waals surface area (Å²) >= 11 is 0. The number of likely N-dealkylation sites (N-methyl/N-ethyl adjacent to an activating group) is 1. The molecule has 0 radical (unpaired) electrons. The highest BCUT2D eigenvalue weighted by atomic mass is 33.1. The van der Waals surface area contributed by atoms with Crippen LogP contribution in [0.25, 0.3) is 0 Å². The number of nitrogens with zero attached hydrogens (tertiary/aromatic N) is 2. The molecule has 1 aliphatic rings. The average Bonchev–Trinajstić information content (AvgIpc) is 3.30. The van der Waals surface area contributed by atoms with Crippen molar-refractivity contribution in [3.63, 3.8) is 0 Å². The Labute approximate surface area is 417 Å². The van der Waals surface area contributed by atoms with Gasteiger partial charge in [0.05, 0.1) is 25.6 Å². The quantitative estimate of drug-likeness (QED) is 0.0289. The number of hydrogen-bond acceptors (Lipinski definition) is 15. The van der Waals surface area contributed by atoms with E-state index in [9.17, 15) is 53.1 Å². The van der Waals surface area contributed by atoms with Crippen LogP contribution in [-0.2, 0) is 60.8 Å². The Kier molecular flexibility index (Phi) is 23.9. The first-order valence-electron chi connectivity index (χ1n) is 22.3. The van der Waals surface area contributed by atoms with Gasteiger partial charge < -0.3 is 75.9 Å². The van der Waals surface area contributed by atoms with Gasteiger partial charge in [0.25, 0.3) is 0 Å². The number of nitrogens with one attached hydrogen (secondary N) is 7. The number of aromatic hydroxyl groups is 1. The smallest absolute Gasteiger partial charge is 0.246 e. The van der Waals surface area contributed by atoms with Crippen molar-refractivity contribution in [3.05, 3.63) is 65.7 Å². The van der Waals surface area contributed by atoms with E-state index >= 15 is 0 Å². The van der Waals surface area contributed by atoms with Gasteiger partial charge in [-0.15, -0.1) is 0 Å². The Morgan fingerprint density at radius 2 is 1.31 bits per heavy atom. The average molecular weight is 1030 g/mol. The Bertz CT molecular complexity index is 2240. The van der Waals surface area contributed by atoms with E-state index in [0.717, 1.165) is 26.5 Å². The standard InChI is InChI=1S/C44H64N14O11S2/c1-23(2)36-42(68)55-31(18-33(46)60)40(66)56-32(43(69)58(3)20-35(62)52-28(10-7-15-50-44(48)49)38(64)51-19-34(47)61)22-71-70-21-27(45)37(63)53-29(17-25-11-13-26(59)14-12-25)39(65)54-30(41(67)57-36)16-24-8-5-4-6-9-24/h4-6,8-9,11-14,23,27-32,36,59H,7,10,15-22,45H2,1-3H3,(H2,46,60)(H2,47,61)(H,51,64)(H,52,62)(H,53,63)(H,54,65)(H,55,68)(H,56,66)(H,57,67)(H4,48,49,50)/t27-,28+,29-,30+,31+,32+,36-/m1/s1. The Morgan fingerprint density at radius 3 is 1.90 bits per heavy atom. The second-order valence-electron chi connectivity index (χ2n) is 16.8. The molecule has 0 aromatic heterocycles. The van der Waals surface area contributed by atoms with Crippen LogP contribution in [0.1, 0.15) is 44.2 Å². The van der Waals surface area contributed by atoms with E-state index in [4.69, 9.17) is 28.7 Å². The number of carbonyl (C=O) groups is 10. The van der Waals surface area contributed by atoms with Crippen LogP contribution >= 0.6 is 21.6 Å². The highest BCUT2D eigenvalue weighted by Gasteiger charge is 2.36. The third-order valence-corrected chi connectivity index (χ3v) is 13.0. The zero-order valence-electron chi connectivity index (χ0n) is 39.5. The lowest BCUT2D eigenvalue weighted by Crippen LogP contribution is -2.61. The minimum atomic E-state index is -1.69. The molecule has 2 aromatic carbocycles. The lowest BCUT2D eigenvalue weighted by molar-refractivity contribution is -0.139. The van der Waals surface area contributed by atoms with E-state index in [2.05, 4.69) is 42.2 Å². The Morgan fingerprint density at radius 1 is 0.746 bits per heavy atom. The van der Waals surface area contributed by atoms with Gasteiger partial charge in [-0.2, -0.15) is 0 Å². The molecular formula is C44H64N14O11S2. The van der Waals surface area contributed by atoms with Crippen molar-refractivity contribution in [2.24, 2.45) is 39.6 Å².